The highest BCUT2D eigenvalue weighted by Gasteiger charge is 2.40. The zero-order valence-electron chi connectivity index (χ0n) is 24.0. The molecule has 1 aromatic carbocycles. The SMILES string of the molecule is CN(c1ccc(-c2ccc(-c3cnn(C4CCCCO4)c3)c3ncsc23)nn1)C1CCN(C(=O)O)C(C(C)(C)C)C1. The van der Waals surface area contributed by atoms with Crippen molar-refractivity contribution in [2.24, 2.45) is 5.41 Å². The zero-order chi connectivity index (χ0) is 28.7. The van der Waals surface area contributed by atoms with Gasteiger partial charge in [0, 0.05) is 55.2 Å². The van der Waals surface area contributed by atoms with E-state index in [2.05, 4.69) is 59.3 Å². The number of nitrogens with zero attached hydrogens (tertiary/aromatic N) is 7. The molecule has 3 aromatic heterocycles. The fraction of sp³-hybridized carbons (Fsp3) is 0.500. The Morgan fingerprint density at radius 2 is 1.95 bits per heavy atom. The number of benzene rings is 1. The van der Waals surface area contributed by atoms with E-state index in [9.17, 15) is 9.90 Å². The Morgan fingerprint density at radius 3 is 2.66 bits per heavy atom. The number of carboxylic acid groups (broad SMARTS) is 1. The second-order valence-corrected chi connectivity index (χ2v) is 13.0. The van der Waals surface area contributed by atoms with Crippen LogP contribution in [-0.2, 0) is 4.74 Å². The number of likely N-dealkylation sites (tertiary alicyclic amines) is 1. The minimum absolute atomic E-state index is 0.00122. The smallest absolute Gasteiger partial charge is 0.407 e. The van der Waals surface area contributed by atoms with Crippen molar-refractivity contribution in [2.75, 3.05) is 25.1 Å². The second-order valence-electron chi connectivity index (χ2n) is 12.1. The highest BCUT2D eigenvalue weighted by molar-refractivity contribution is 7.17. The summed E-state index contributed by atoms with van der Waals surface area (Å²) in [7, 11) is 2.03. The standard InChI is InChI=1S/C30H37N7O3S/c1-30(2,3)24-15-20(12-13-36(24)29(38)39)35(4)25-11-10-23(33-34-25)22-9-8-21(27-28(22)41-18-31-27)19-16-32-37(17-19)26-7-5-6-14-40-26/h8-11,16-18,20,24,26H,5-7,12-15H2,1-4H3,(H,38,39). The summed E-state index contributed by atoms with van der Waals surface area (Å²) in [4.78, 5) is 20.3. The Bertz CT molecular complexity index is 1520. The van der Waals surface area contributed by atoms with Crippen LogP contribution in [0.5, 0.6) is 0 Å². The number of hydrogen-bond acceptors (Lipinski definition) is 8. The van der Waals surface area contributed by atoms with Gasteiger partial charge in [0.1, 0.15) is 6.23 Å². The third-order valence-corrected chi connectivity index (χ3v) is 9.36. The van der Waals surface area contributed by atoms with Crippen molar-refractivity contribution >= 4 is 33.5 Å². The molecule has 0 spiro atoms. The summed E-state index contributed by atoms with van der Waals surface area (Å²) in [6.07, 6.45) is 7.85. The minimum Gasteiger partial charge on any atom is -0.465 e. The van der Waals surface area contributed by atoms with Crippen LogP contribution >= 0.6 is 11.3 Å². The third kappa shape index (κ3) is 5.40. The molecule has 11 heteroatoms. The number of amides is 1. The maximum Gasteiger partial charge on any atom is 0.407 e. The molecule has 0 saturated carbocycles. The summed E-state index contributed by atoms with van der Waals surface area (Å²) in [6.45, 7) is 7.61. The first kappa shape index (κ1) is 27.6. The van der Waals surface area contributed by atoms with E-state index < -0.39 is 6.09 Å². The summed E-state index contributed by atoms with van der Waals surface area (Å²) < 4.78 is 8.90. The van der Waals surface area contributed by atoms with Crippen molar-refractivity contribution < 1.29 is 14.6 Å². The molecule has 5 heterocycles. The van der Waals surface area contributed by atoms with Crippen molar-refractivity contribution in [3.63, 3.8) is 0 Å². The van der Waals surface area contributed by atoms with Crippen LogP contribution in [0.1, 0.15) is 59.1 Å². The summed E-state index contributed by atoms with van der Waals surface area (Å²) in [6, 6.07) is 8.32. The summed E-state index contributed by atoms with van der Waals surface area (Å²) in [5.74, 6) is 0.782. The van der Waals surface area contributed by atoms with Gasteiger partial charge in [0.15, 0.2) is 5.82 Å². The molecule has 0 aliphatic carbocycles. The molecule has 10 nitrogen and oxygen atoms in total. The van der Waals surface area contributed by atoms with E-state index in [-0.39, 0.29) is 23.7 Å². The Kier molecular flexibility index (Phi) is 7.41. The summed E-state index contributed by atoms with van der Waals surface area (Å²) in [5, 5.41) is 23.5. The fourth-order valence-corrected chi connectivity index (χ4v) is 6.98. The molecule has 2 aliphatic heterocycles. The van der Waals surface area contributed by atoms with Gasteiger partial charge in [-0.05, 0) is 49.7 Å². The normalized spacial score (nSPS) is 21.8. The molecule has 216 valence electrons. The monoisotopic (exact) mass is 575 g/mol. The van der Waals surface area contributed by atoms with E-state index in [1.807, 2.05) is 35.6 Å². The van der Waals surface area contributed by atoms with Crippen LogP contribution in [0.25, 0.3) is 32.6 Å². The van der Waals surface area contributed by atoms with Gasteiger partial charge in [-0.2, -0.15) is 5.10 Å². The van der Waals surface area contributed by atoms with E-state index in [1.165, 1.54) is 0 Å². The molecular formula is C30H37N7O3S. The maximum absolute atomic E-state index is 11.8. The van der Waals surface area contributed by atoms with E-state index in [1.54, 1.807) is 16.2 Å². The van der Waals surface area contributed by atoms with E-state index >= 15 is 0 Å². The topological polar surface area (TPSA) is 110 Å². The maximum atomic E-state index is 11.8. The zero-order valence-corrected chi connectivity index (χ0v) is 24.8. The van der Waals surface area contributed by atoms with Crippen molar-refractivity contribution in [3.8, 4) is 22.4 Å². The van der Waals surface area contributed by atoms with Crippen molar-refractivity contribution in [2.45, 2.75) is 71.2 Å². The molecule has 2 aliphatic rings. The predicted molar refractivity (Wildman–Crippen MR) is 160 cm³/mol. The molecule has 1 N–H and O–H groups in total. The number of fused-ring (bicyclic) bond motifs is 1. The Balaban J connectivity index is 1.22. The van der Waals surface area contributed by atoms with Gasteiger partial charge in [-0.3, -0.25) is 0 Å². The lowest BCUT2D eigenvalue weighted by molar-refractivity contribution is -0.0394. The van der Waals surface area contributed by atoms with E-state index in [0.29, 0.717) is 6.54 Å². The minimum atomic E-state index is -0.845. The van der Waals surface area contributed by atoms with Crippen LogP contribution < -0.4 is 4.90 Å². The van der Waals surface area contributed by atoms with Crippen molar-refractivity contribution in [1.29, 1.82) is 0 Å². The summed E-state index contributed by atoms with van der Waals surface area (Å²) >= 11 is 1.60. The molecule has 0 radical (unpaired) electrons. The molecule has 2 fully saturated rings. The molecule has 6 rings (SSSR count). The average Bonchev–Trinajstić information content (AvgIpc) is 3.67. The van der Waals surface area contributed by atoms with Gasteiger partial charge in [0.2, 0.25) is 0 Å². The molecule has 2 saturated heterocycles. The van der Waals surface area contributed by atoms with Gasteiger partial charge in [-0.1, -0.05) is 32.9 Å². The van der Waals surface area contributed by atoms with Gasteiger partial charge >= 0.3 is 6.09 Å². The molecule has 41 heavy (non-hydrogen) atoms. The van der Waals surface area contributed by atoms with E-state index in [4.69, 9.17) is 9.72 Å². The molecule has 4 aromatic rings. The average molecular weight is 576 g/mol. The number of hydrogen-bond donors (Lipinski definition) is 1. The lowest BCUT2D eigenvalue weighted by atomic mass is 9.79. The highest BCUT2D eigenvalue weighted by atomic mass is 32.1. The Labute approximate surface area is 244 Å². The van der Waals surface area contributed by atoms with Crippen molar-refractivity contribution in [1.82, 2.24) is 29.9 Å². The van der Waals surface area contributed by atoms with Crippen LogP contribution in [0.3, 0.4) is 0 Å². The molecular weight excluding hydrogens is 538 g/mol. The number of thiazole rings is 1. The van der Waals surface area contributed by atoms with Crippen LogP contribution in [-0.4, -0.2) is 73.3 Å². The van der Waals surface area contributed by atoms with Gasteiger partial charge < -0.3 is 19.6 Å². The highest BCUT2D eigenvalue weighted by Crippen LogP contribution is 2.38. The lowest BCUT2D eigenvalue weighted by Gasteiger charge is -2.46. The number of piperidine rings is 1. The first-order valence-electron chi connectivity index (χ1n) is 14.3. The fourth-order valence-electron chi connectivity index (χ4n) is 6.14. The molecule has 3 unspecified atom stereocenters. The van der Waals surface area contributed by atoms with Crippen LogP contribution in [0.2, 0.25) is 0 Å². The van der Waals surface area contributed by atoms with E-state index in [0.717, 1.165) is 77.1 Å². The Hall–Kier alpha value is -3.57. The molecule has 0 bridgehead atoms. The summed E-state index contributed by atoms with van der Waals surface area (Å²) in [5.41, 5.74) is 6.50. The van der Waals surface area contributed by atoms with Crippen LogP contribution in [0, 0.1) is 5.41 Å². The number of aromatic nitrogens is 5. The number of carbonyl (C=O) groups is 1. The van der Waals surface area contributed by atoms with Crippen LogP contribution in [0.15, 0.2) is 42.2 Å². The number of anilines is 1. The first-order chi connectivity index (χ1) is 19.7. The number of ether oxygens (including phenoxy) is 1. The second kappa shape index (κ2) is 11.0. The molecule has 1 amide bonds. The van der Waals surface area contributed by atoms with Crippen molar-refractivity contribution in [3.05, 3.63) is 42.2 Å². The third-order valence-electron chi connectivity index (χ3n) is 8.50. The first-order valence-corrected chi connectivity index (χ1v) is 15.2. The van der Waals surface area contributed by atoms with Gasteiger partial charge in [0.05, 0.1) is 27.6 Å². The Morgan fingerprint density at radius 1 is 1.12 bits per heavy atom. The quantitative estimate of drug-likeness (QED) is 0.295. The number of rotatable bonds is 5. The van der Waals surface area contributed by atoms with Gasteiger partial charge in [0.25, 0.3) is 0 Å². The van der Waals surface area contributed by atoms with Gasteiger partial charge in [-0.15, -0.1) is 21.5 Å². The lowest BCUT2D eigenvalue weighted by Crippen LogP contribution is -2.55. The predicted octanol–water partition coefficient (Wildman–Crippen LogP) is 6.31. The largest absolute Gasteiger partial charge is 0.465 e. The van der Waals surface area contributed by atoms with Crippen LogP contribution in [0.4, 0.5) is 10.6 Å². The molecule has 3 atom stereocenters. The van der Waals surface area contributed by atoms with Gasteiger partial charge in [-0.25, -0.2) is 14.5 Å².